The number of hydrogen-bond acceptors (Lipinski definition) is 10. The van der Waals surface area contributed by atoms with Crippen LogP contribution in [0, 0.1) is 11.6 Å². The second kappa shape index (κ2) is 12.2. The molecule has 2 amide bonds. The van der Waals surface area contributed by atoms with E-state index in [0.717, 1.165) is 49.7 Å². The van der Waals surface area contributed by atoms with Gasteiger partial charge in [-0.3, -0.25) is 4.79 Å². The Morgan fingerprint density at radius 3 is 2.42 bits per heavy atom. The standard InChI is InChI=1S/C31H38F2N8O4/c1-31(2,3)44-30(43)36-25-17-41(16-23(25)22-13-20(32)7-8-24(22)33)28-34-14-19(15-35-28)27(42)39(4)21-9-11-40(12-10-21)29-37-26(38-45-29)18-5-6-18/h7-8,13-15,18,21,23,25H,5-6,9-12,16-17H2,1-4H3,(H,36,43). The highest BCUT2D eigenvalue weighted by atomic mass is 19.1. The first-order valence-corrected chi connectivity index (χ1v) is 15.3. The van der Waals surface area contributed by atoms with Crippen molar-refractivity contribution < 1.29 is 27.6 Å². The lowest BCUT2D eigenvalue weighted by Crippen LogP contribution is -2.45. The van der Waals surface area contributed by atoms with Crippen LogP contribution in [-0.2, 0) is 4.74 Å². The molecule has 3 aliphatic rings. The van der Waals surface area contributed by atoms with Gasteiger partial charge in [-0.25, -0.2) is 23.5 Å². The van der Waals surface area contributed by atoms with Crippen LogP contribution >= 0.6 is 0 Å². The van der Waals surface area contributed by atoms with Crippen molar-refractivity contribution in [1.82, 2.24) is 30.3 Å². The Bertz CT molecular complexity index is 1530. The summed E-state index contributed by atoms with van der Waals surface area (Å²) >= 11 is 0. The van der Waals surface area contributed by atoms with Gasteiger partial charge in [-0.2, -0.15) is 4.98 Å². The van der Waals surface area contributed by atoms with E-state index >= 15 is 0 Å². The zero-order valence-corrected chi connectivity index (χ0v) is 25.9. The summed E-state index contributed by atoms with van der Waals surface area (Å²) in [6.45, 7) is 7.08. The number of anilines is 2. The molecule has 3 aromatic rings. The summed E-state index contributed by atoms with van der Waals surface area (Å²) in [4.78, 5) is 44.9. The molecule has 14 heteroatoms. The number of rotatable bonds is 7. The number of nitrogens with zero attached hydrogens (tertiary/aromatic N) is 7. The number of piperidine rings is 1. The van der Waals surface area contributed by atoms with E-state index in [-0.39, 0.29) is 30.6 Å². The summed E-state index contributed by atoms with van der Waals surface area (Å²) in [7, 11) is 1.78. The van der Waals surface area contributed by atoms with Crippen LogP contribution in [0.15, 0.2) is 35.1 Å². The van der Waals surface area contributed by atoms with Crippen molar-refractivity contribution in [2.24, 2.45) is 0 Å². The third kappa shape index (κ3) is 6.99. The number of amides is 2. The lowest BCUT2D eigenvalue weighted by atomic mass is 9.94. The molecule has 240 valence electrons. The fourth-order valence-corrected chi connectivity index (χ4v) is 5.96. The average molecular weight is 625 g/mol. The van der Waals surface area contributed by atoms with Crippen molar-refractivity contribution in [3.05, 3.63) is 59.2 Å². The zero-order valence-electron chi connectivity index (χ0n) is 25.9. The first-order valence-electron chi connectivity index (χ1n) is 15.3. The molecule has 2 saturated heterocycles. The minimum atomic E-state index is -0.731. The van der Waals surface area contributed by atoms with Crippen molar-refractivity contribution in [1.29, 1.82) is 0 Å². The Kier molecular flexibility index (Phi) is 8.31. The molecule has 1 aliphatic carbocycles. The largest absolute Gasteiger partial charge is 0.444 e. The van der Waals surface area contributed by atoms with Gasteiger partial charge in [-0.1, -0.05) is 5.16 Å². The van der Waals surface area contributed by atoms with Crippen LogP contribution in [-0.4, -0.2) is 87.9 Å². The summed E-state index contributed by atoms with van der Waals surface area (Å²) in [6.07, 6.45) is 6.00. The van der Waals surface area contributed by atoms with Gasteiger partial charge in [-0.15, -0.1) is 0 Å². The number of hydrogen-bond donors (Lipinski definition) is 1. The molecule has 4 heterocycles. The van der Waals surface area contributed by atoms with Gasteiger partial charge in [-0.05, 0) is 70.2 Å². The van der Waals surface area contributed by atoms with E-state index in [1.807, 2.05) is 0 Å². The maximum Gasteiger partial charge on any atom is 0.407 e. The van der Waals surface area contributed by atoms with Gasteiger partial charge >= 0.3 is 12.1 Å². The molecule has 0 bridgehead atoms. The Morgan fingerprint density at radius 1 is 1.04 bits per heavy atom. The van der Waals surface area contributed by atoms with Crippen molar-refractivity contribution in [3.63, 3.8) is 0 Å². The Labute approximate surface area is 260 Å². The lowest BCUT2D eigenvalue weighted by Gasteiger charge is -2.35. The molecule has 2 aromatic heterocycles. The Morgan fingerprint density at radius 2 is 1.76 bits per heavy atom. The molecule has 3 fully saturated rings. The molecule has 1 aromatic carbocycles. The summed E-state index contributed by atoms with van der Waals surface area (Å²) in [5.41, 5.74) is -0.254. The van der Waals surface area contributed by atoms with Crippen LogP contribution in [0.2, 0.25) is 0 Å². The van der Waals surface area contributed by atoms with Crippen LogP contribution in [0.4, 0.5) is 25.5 Å². The highest BCUT2D eigenvalue weighted by Gasteiger charge is 2.39. The monoisotopic (exact) mass is 624 g/mol. The van der Waals surface area contributed by atoms with E-state index in [0.29, 0.717) is 36.5 Å². The van der Waals surface area contributed by atoms with E-state index in [2.05, 4.69) is 30.3 Å². The average Bonchev–Trinajstić information content (AvgIpc) is 3.59. The Hall–Kier alpha value is -4.36. The highest BCUT2D eigenvalue weighted by molar-refractivity contribution is 5.93. The summed E-state index contributed by atoms with van der Waals surface area (Å²) in [6, 6.07) is 3.24. The summed E-state index contributed by atoms with van der Waals surface area (Å²) in [5, 5.41) is 6.91. The number of ether oxygens (including phenoxy) is 1. The minimum Gasteiger partial charge on any atom is -0.444 e. The van der Waals surface area contributed by atoms with Crippen molar-refractivity contribution in [2.75, 3.05) is 43.0 Å². The van der Waals surface area contributed by atoms with Crippen molar-refractivity contribution >= 4 is 24.0 Å². The molecule has 1 saturated carbocycles. The lowest BCUT2D eigenvalue weighted by molar-refractivity contribution is 0.0504. The summed E-state index contributed by atoms with van der Waals surface area (Å²) < 4.78 is 39.8. The fraction of sp³-hybridized carbons (Fsp3) is 0.548. The van der Waals surface area contributed by atoms with Gasteiger partial charge in [0.1, 0.15) is 17.2 Å². The summed E-state index contributed by atoms with van der Waals surface area (Å²) in [5.74, 6) is -0.425. The minimum absolute atomic E-state index is 0.0273. The van der Waals surface area contributed by atoms with Gasteiger partial charge in [0.05, 0.1) is 11.6 Å². The number of carbonyl (C=O) groups excluding carboxylic acids is 2. The molecule has 2 unspecified atom stereocenters. The van der Waals surface area contributed by atoms with Crippen molar-refractivity contribution in [3.8, 4) is 0 Å². The number of aromatic nitrogens is 4. The number of benzene rings is 1. The normalized spacial score (nSPS) is 20.8. The van der Waals surface area contributed by atoms with Crippen molar-refractivity contribution in [2.45, 2.75) is 76.0 Å². The predicted octanol–water partition coefficient (Wildman–Crippen LogP) is 4.25. The maximum absolute atomic E-state index is 14.8. The second-order valence-electron chi connectivity index (χ2n) is 13.0. The topological polar surface area (TPSA) is 130 Å². The van der Waals surface area contributed by atoms with Gasteiger partial charge in [0, 0.05) is 63.5 Å². The van der Waals surface area contributed by atoms with Gasteiger partial charge in [0.15, 0.2) is 5.82 Å². The smallest absolute Gasteiger partial charge is 0.407 e. The molecular formula is C31H38F2N8O4. The molecule has 1 N–H and O–H groups in total. The van der Waals surface area contributed by atoms with Gasteiger partial charge < -0.3 is 29.3 Å². The third-order valence-electron chi connectivity index (χ3n) is 8.52. The van der Waals surface area contributed by atoms with E-state index in [9.17, 15) is 18.4 Å². The van der Waals surface area contributed by atoms with Gasteiger partial charge in [0.2, 0.25) is 5.95 Å². The van der Waals surface area contributed by atoms with E-state index in [1.54, 1.807) is 37.6 Å². The molecular weight excluding hydrogens is 586 g/mol. The predicted molar refractivity (Wildman–Crippen MR) is 160 cm³/mol. The van der Waals surface area contributed by atoms with Crippen LogP contribution in [0.25, 0.3) is 0 Å². The van der Waals surface area contributed by atoms with Crippen LogP contribution in [0.1, 0.15) is 80.0 Å². The van der Waals surface area contributed by atoms with Gasteiger partial charge in [0.25, 0.3) is 5.91 Å². The third-order valence-corrected chi connectivity index (χ3v) is 8.52. The number of carbonyl (C=O) groups is 2. The van der Waals surface area contributed by atoms with Crippen LogP contribution in [0.5, 0.6) is 0 Å². The number of nitrogens with one attached hydrogen (secondary N) is 1. The first-order chi connectivity index (χ1) is 21.4. The molecule has 0 spiro atoms. The first kappa shape index (κ1) is 30.7. The van der Waals surface area contributed by atoms with E-state index < -0.39 is 35.3 Å². The molecule has 2 atom stereocenters. The quantitative estimate of drug-likeness (QED) is 0.407. The number of alkyl carbamates (subject to hydrolysis) is 1. The zero-order chi connectivity index (χ0) is 31.9. The van der Waals surface area contributed by atoms with E-state index in [1.165, 1.54) is 12.4 Å². The molecule has 2 aliphatic heterocycles. The Balaban J connectivity index is 1.10. The molecule has 0 radical (unpaired) electrons. The van der Waals surface area contributed by atoms with Crippen LogP contribution < -0.4 is 15.1 Å². The fourth-order valence-electron chi connectivity index (χ4n) is 5.96. The van der Waals surface area contributed by atoms with E-state index in [4.69, 9.17) is 9.26 Å². The molecule has 12 nitrogen and oxygen atoms in total. The molecule has 6 rings (SSSR count). The second-order valence-corrected chi connectivity index (χ2v) is 13.0. The SMILES string of the molecule is CN(C(=O)c1cnc(N2CC(NC(=O)OC(C)(C)C)C(c3cc(F)ccc3F)C2)nc1)C1CCN(c2nc(C3CC3)no2)CC1. The maximum atomic E-state index is 14.8. The molecule has 45 heavy (non-hydrogen) atoms. The van der Waals surface area contributed by atoms with Crippen LogP contribution in [0.3, 0.4) is 0 Å². The number of halogens is 2. The highest BCUT2D eigenvalue weighted by Crippen LogP contribution is 2.39.